The van der Waals surface area contributed by atoms with Crippen molar-refractivity contribution in [1.82, 2.24) is 5.32 Å². The summed E-state index contributed by atoms with van der Waals surface area (Å²) in [6.45, 7) is 5.04. The van der Waals surface area contributed by atoms with E-state index >= 15 is 0 Å². The number of halogens is 1. The molecule has 1 aromatic rings. The Bertz CT molecular complexity index is 437. The molecular weight excluding hydrogens is 253 g/mol. The van der Waals surface area contributed by atoms with Crippen LogP contribution in [0.5, 0.6) is 0 Å². The minimum absolute atomic E-state index is 0.0371. The Balaban J connectivity index is 2.20. The summed E-state index contributed by atoms with van der Waals surface area (Å²) in [7, 11) is 1.78. The third-order valence-corrected chi connectivity index (χ3v) is 4.44. The van der Waals surface area contributed by atoms with Gasteiger partial charge in [-0.1, -0.05) is 24.6 Å². The van der Waals surface area contributed by atoms with Gasteiger partial charge in [0, 0.05) is 18.7 Å². The highest BCUT2D eigenvalue weighted by Crippen LogP contribution is 2.42. The van der Waals surface area contributed by atoms with Crippen LogP contribution >= 0.6 is 0 Å². The molecular formula is C17H26FNO. The third-order valence-electron chi connectivity index (χ3n) is 4.44. The molecule has 0 aliphatic heterocycles. The first-order valence-corrected chi connectivity index (χ1v) is 7.65. The number of methoxy groups -OCH3 is 1. The summed E-state index contributed by atoms with van der Waals surface area (Å²) >= 11 is 0. The summed E-state index contributed by atoms with van der Waals surface area (Å²) < 4.78 is 19.9. The first-order chi connectivity index (χ1) is 9.60. The Hall–Kier alpha value is -0.930. The van der Waals surface area contributed by atoms with Crippen molar-refractivity contribution < 1.29 is 9.13 Å². The van der Waals surface area contributed by atoms with Gasteiger partial charge in [0.2, 0.25) is 0 Å². The van der Waals surface area contributed by atoms with Crippen LogP contribution in [0.3, 0.4) is 0 Å². The minimum Gasteiger partial charge on any atom is -0.378 e. The third kappa shape index (κ3) is 3.39. The maximum Gasteiger partial charge on any atom is 0.127 e. The molecule has 1 aliphatic rings. The zero-order valence-electron chi connectivity index (χ0n) is 12.8. The lowest BCUT2D eigenvalue weighted by Crippen LogP contribution is -2.43. The first-order valence-electron chi connectivity index (χ1n) is 7.65. The fourth-order valence-electron chi connectivity index (χ4n) is 2.98. The van der Waals surface area contributed by atoms with Crippen LogP contribution in [0, 0.1) is 12.7 Å². The van der Waals surface area contributed by atoms with Gasteiger partial charge in [0.25, 0.3) is 0 Å². The van der Waals surface area contributed by atoms with E-state index in [0.717, 1.165) is 43.4 Å². The Morgan fingerprint density at radius 1 is 1.40 bits per heavy atom. The zero-order valence-corrected chi connectivity index (χ0v) is 12.8. The molecule has 1 aliphatic carbocycles. The van der Waals surface area contributed by atoms with Crippen molar-refractivity contribution in [3.63, 3.8) is 0 Å². The van der Waals surface area contributed by atoms with Gasteiger partial charge in [-0.25, -0.2) is 4.39 Å². The van der Waals surface area contributed by atoms with Crippen LogP contribution in [0.25, 0.3) is 0 Å². The highest BCUT2D eigenvalue weighted by Gasteiger charge is 2.39. The van der Waals surface area contributed by atoms with Crippen LogP contribution in [0.2, 0.25) is 0 Å². The second-order valence-electron chi connectivity index (χ2n) is 5.98. The van der Waals surface area contributed by atoms with Crippen LogP contribution in [0.4, 0.5) is 4.39 Å². The maximum absolute atomic E-state index is 14.2. The van der Waals surface area contributed by atoms with Gasteiger partial charge in [0.15, 0.2) is 0 Å². The predicted octanol–water partition coefficient (Wildman–Crippen LogP) is 4.13. The molecule has 2 rings (SSSR count). The topological polar surface area (TPSA) is 21.3 Å². The Labute approximate surface area is 121 Å². The van der Waals surface area contributed by atoms with E-state index in [1.807, 2.05) is 19.1 Å². The summed E-state index contributed by atoms with van der Waals surface area (Å²) in [6.07, 6.45) is 5.28. The van der Waals surface area contributed by atoms with Crippen molar-refractivity contribution in [2.45, 2.75) is 57.6 Å². The van der Waals surface area contributed by atoms with Gasteiger partial charge in [-0.2, -0.15) is 0 Å². The molecule has 1 unspecified atom stereocenters. The molecule has 0 bridgehead atoms. The SMILES string of the molecule is CCCNC(CC1(OC)CCC1)c1cc(C)ccc1F. The van der Waals surface area contributed by atoms with Crippen LogP contribution in [0.15, 0.2) is 18.2 Å². The number of hydrogen-bond donors (Lipinski definition) is 1. The van der Waals surface area contributed by atoms with Crippen molar-refractivity contribution >= 4 is 0 Å². The normalized spacial score (nSPS) is 18.6. The second-order valence-corrected chi connectivity index (χ2v) is 5.98. The van der Waals surface area contributed by atoms with E-state index in [1.165, 1.54) is 6.42 Å². The van der Waals surface area contributed by atoms with E-state index < -0.39 is 0 Å². The molecule has 1 saturated carbocycles. The zero-order chi connectivity index (χ0) is 14.6. The predicted molar refractivity (Wildman–Crippen MR) is 80.4 cm³/mol. The number of hydrogen-bond acceptors (Lipinski definition) is 2. The van der Waals surface area contributed by atoms with Gasteiger partial charge in [-0.15, -0.1) is 0 Å². The molecule has 0 spiro atoms. The molecule has 1 N–H and O–H groups in total. The quantitative estimate of drug-likeness (QED) is 0.810. The lowest BCUT2D eigenvalue weighted by molar-refractivity contribution is -0.0839. The Kier molecular flexibility index (Phi) is 5.17. The number of aryl methyl sites for hydroxylation is 1. The van der Waals surface area contributed by atoms with Crippen molar-refractivity contribution in [2.24, 2.45) is 0 Å². The molecule has 112 valence electrons. The fraction of sp³-hybridized carbons (Fsp3) is 0.647. The monoisotopic (exact) mass is 279 g/mol. The lowest BCUT2D eigenvalue weighted by atomic mass is 9.74. The molecule has 1 aromatic carbocycles. The van der Waals surface area contributed by atoms with Crippen molar-refractivity contribution in [3.05, 3.63) is 35.1 Å². The van der Waals surface area contributed by atoms with Crippen LogP contribution < -0.4 is 5.32 Å². The highest BCUT2D eigenvalue weighted by molar-refractivity contribution is 5.27. The van der Waals surface area contributed by atoms with Crippen LogP contribution in [-0.4, -0.2) is 19.3 Å². The van der Waals surface area contributed by atoms with Gasteiger partial charge in [-0.05, 0) is 51.6 Å². The molecule has 2 nitrogen and oxygen atoms in total. The molecule has 1 atom stereocenters. The summed E-state index contributed by atoms with van der Waals surface area (Å²) in [5, 5.41) is 3.49. The lowest BCUT2D eigenvalue weighted by Gasteiger charge is -2.43. The standard InChI is InChI=1S/C17H26FNO/c1-4-10-19-16(12-17(20-3)8-5-9-17)14-11-13(2)6-7-15(14)18/h6-7,11,16,19H,4-5,8-10,12H2,1-3H3. The Morgan fingerprint density at radius 3 is 2.70 bits per heavy atom. The number of rotatable bonds is 7. The average Bonchev–Trinajstić information content (AvgIpc) is 2.40. The maximum atomic E-state index is 14.2. The Morgan fingerprint density at radius 2 is 2.15 bits per heavy atom. The fourth-order valence-corrected chi connectivity index (χ4v) is 2.98. The average molecular weight is 279 g/mol. The molecule has 0 saturated heterocycles. The number of ether oxygens (including phenoxy) is 1. The smallest absolute Gasteiger partial charge is 0.127 e. The van der Waals surface area contributed by atoms with Gasteiger partial charge in [-0.3, -0.25) is 0 Å². The minimum atomic E-state index is -0.116. The van der Waals surface area contributed by atoms with Gasteiger partial charge >= 0.3 is 0 Å². The van der Waals surface area contributed by atoms with Crippen molar-refractivity contribution in [1.29, 1.82) is 0 Å². The van der Waals surface area contributed by atoms with E-state index in [-0.39, 0.29) is 17.5 Å². The molecule has 0 amide bonds. The van der Waals surface area contributed by atoms with E-state index in [4.69, 9.17) is 4.74 Å². The summed E-state index contributed by atoms with van der Waals surface area (Å²) in [5.74, 6) is -0.116. The molecule has 3 heteroatoms. The van der Waals surface area contributed by atoms with Gasteiger partial charge in [0.1, 0.15) is 5.82 Å². The molecule has 0 aromatic heterocycles. The molecule has 20 heavy (non-hydrogen) atoms. The van der Waals surface area contributed by atoms with E-state index in [2.05, 4.69) is 12.2 Å². The van der Waals surface area contributed by atoms with Crippen LogP contribution in [0.1, 0.15) is 56.2 Å². The van der Waals surface area contributed by atoms with Crippen molar-refractivity contribution in [2.75, 3.05) is 13.7 Å². The molecule has 0 radical (unpaired) electrons. The van der Waals surface area contributed by atoms with Gasteiger partial charge < -0.3 is 10.1 Å². The van der Waals surface area contributed by atoms with E-state index in [9.17, 15) is 4.39 Å². The highest BCUT2D eigenvalue weighted by atomic mass is 19.1. The summed E-state index contributed by atoms with van der Waals surface area (Å²) in [4.78, 5) is 0. The second kappa shape index (κ2) is 6.68. The van der Waals surface area contributed by atoms with Gasteiger partial charge in [0.05, 0.1) is 5.60 Å². The van der Waals surface area contributed by atoms with E-state index in [1.54, 1.807) is 13.2 Å². The number of nitrogens with one attached hydrogen (secondary N) is 1. The molecule has 1 fully saturated rings. The summed E-state index contributed by atoms with van der Waals surface area (Å²) in [5.41, 5.74) is 1.83. The number of benzene rings is 1. The van der Waals surface area contributed by atoms with E-state index in [0.29, 0.717) is 0 Å². The van der Waals surface area contributed by atoms with Crippen LogP contribution in [-0.2, 0) is 4.74 Å². The largest absolute Gasteiger partial charge is 0.378 e. The first kappa shape index (κ1) is 15.5. The summed E-state index contributed by atoms with van der Waals surface area (Å²) in [6, 6.07) is 5.40. The van der Waals surface area contributed by atoms with Crippen molar-refractivity contribution in [3.8, 4) is 0 Å². The molecule has 0 heterocycles.